The molecule has 0 saturated heterocycles. The van der Waals surface area contributed by atoms with Crippen molar-refractivity contribution in [2.75, 3.05) is 17.7 Å². The number of aromatic nitrogens is 3. The Morgan fingerprint density at radius 1 is 1.00 bits per heavy atom. The normalized spacial score (nSPS) is 10.4. The van der Waals surface area contributed by atoms with Gasteiger partial charge >= 0.3 is 0 Å². The number of nitrogens with one attached hydrogen (secondary N) is 2. The first kappa shape index (κ1) is 17.5. The van der Waals surface area contributed by atoms with E-state index in [1.54, 1.807) is 43.5 Å². The Kier molecular flexibility index (Phi) is 5.43. The van der Waals surface area contributed by atoms with Crippen LogP contribution in [0, 0.1) is 0 Å². The molecule has 3 rings (SSSR count). The molecule has 0 aliphatic heterocycles. The second-order valence-electron chi connectivity index (χ2n) is 4.86. The summed E-state index contributed by atoms with van der Waals surface area (Å²) in [6, 6.07) is 10.4. The van der Waals surface area contributed by atoms with Crippen LogP contribution in [0.5, 0.6) is 5.75 Å². The minimum Gasteiger partial charge on any atom is -0.495 e. The zero-order chi connectivity index (χ0) is 17.8. The molecule has 1 aromatic heterocycles. The number of nitrogens with zero attached hydrogens (tertiary/aromatic N) is 3. The van der Waals surface area contributed by atoms with Gasteiger partial charge in [-0.2, -0.15) is 10.1 Å². The SMILES string of the molecule is COc1ccc(Cl)cc1Nc1nncc(Nc2c(Cl)cccc2Cl)n1. The van der Waals surface area contributed by atoms with Crippen molar-refractivity contribution in [1.82, 2.24) is 15.2 Å². The van der Waals surface area contributed by atoms with Crippen molar-refractivity contribution in [2.45, 2.75) is 0 Å². The number of anilines is 4. The predicted octanol–water partition coefficient (Wildman–Crippen LogP) is 5.33. The number of ether oxygens (including phenoxy) is 1. The van der Waals surface area contributed by atoms with Gasteiger partial charge in [0.1, 0.15) is 5.75 Å². The van der Waals surface area contributed by atoms with E-state index in [0.29, 0.717) is 38.0 Å². The summed E-state index contributed by atoms with van der Waals surface area (Å²) in [7, 11) is 1.56. The van der Waals surface area contributed by atoms with Crippen molar-refractivity contribution in [3.63, 3.8) is 0 Å². The van der Waals surface area contributed by atoms with Crippen molar-refractivity contribution in [2.24, 2.45) is 0 Å². The van der Waals surface area contributed by atoms with E-state index in [4.69, 9.17) is 39.5 Å². The summed E-state index contributed by atoms with van der Waals surface area (Å²) in [6.07, 6.45) is 1.46. The highest BCUT2D eigenvalue weighted by molar-refractivity contribution is 6.39. The van der Waals surface area contributed by atoms with Gasteiger partial charge in [-0.3, -0.25) is 0 Å². The van der Waals surface area contributed by atoms with Crippen LogP contribution in [0.4, 0.5) is 23.1 Å². The van der Waals surface area contributed by atoms with Gasteiger partial charge < -0.3 is 15.4 Å². The molecule has 25 heavy (non-hydrogen) atoms. The van der Waals surface area contributed by atoms with E-state index in [2.05, 4.69) is 25.8 Å². The Hall–Kier alpha value is -2.28. The van der Waals surface area contributed by atoms with Gasteiger partial charge in [0.25, 0.3) is 0 Å². The van der Waals surface area contributed by atoms with Crippen molar-refractivity contribution in [1.29, 1.82) is 0 Å². The second kappa shape index (κ2) is 7.74. The summed E-state index contributed by atoms with van der Waals surface area (Å²) < 4.78 is 5.28. The maximum Gasteiger partial charge on any atom is 0.249 e. The van der Waals surface area contributed by atoms with Crippen LogP contribution in [0.2, 0.25) is 15.1 Å². The van der Waals surface area contributed by atoms with Gasteiger partial charge in [-0.1, -0.05) is 40.9 Å². The third-order valence-corrected chi connectivity index (χ3v) is 4.05. The molecule has 0 unspecified atom stereocenters. The summed E-state index contributed by atoms with van der Waals surface area (Å²) in [6.45, 7) is 0. The zero-order valence-electron chi connectivity index (χ0n) is 12.9. The fourth-order valence-corrected chi connectivity index (χ4v) is 2.72. The number of benzene rings is 2. The Balaban J connectivity index is 1.86. The number of para-hydroxylation sites is 1. The molecular formula is C16H12Cl3N5O. The lowest BCUT2D eigenvalue weighted by Gasteiger charge is -2.12. The van der Waals surface area contributed by atoms with Gasteiger partial charge in [-0.05, 0) is 30.3 Å². The van der Waals surface area contributed by atoms with Gasteiger partial charge in [0.05, 0.1) is 34.7 Å². The third kappa shape index (κ3) is 4.22. The van der Waals surface area contributed by atoms with Gasteiger partial charge in [0, 0.05) is 5.02 Å². The number of hydrogen-bond donors (Lipinski definition) is 2. The molecule has 6 nitrogen and oxygen atoms in total. The zero-order valence-corrected chi connectivity index (χ0v) is 15.2. The minimum atomic E-state index is 0.258. The monoisotopic (exact) mass is 395 g/mol. The Bertz CT molecular complexity index is 886. The molecule has 9 heteroatoms. The highest BCUT2D eigenvalue weighted by Crippen LogP contribution is 2.33. The van der Waals surface area contributed by atoms with Crippen molar-refractivity contribution >= 4 is 57.9 Å². The van der Waals surface area contributed by atoms with E-state index in [1.165, 1.54) is 6.20 Å². The lowest BCUT2D eigenvalue weighted by molar-refractivity contribution is 0.417. The molecule has 128 valence electrons. The van der Waals surface area contributed by atoms with Crippen molar-refractivity contribution < 1.29 is 4.74 Å². The molecule has 0 aliphatic carbocycles. The fraction of sp³-hybridized carbons (Fsp3) is 0.0625. The van der Waals surface area contributed by atoms with E-state index in [-0.39, 0.29) is 5.95 Å². The summed E-state index contributed by atoms with van der Waals surface area (Å²) >= 11 is 18.3. The molecule has 0 spiro atoms. The molecule has 0 atom stereocenters. The van der Waals surface area contributed by atoms with Crippen molar-refractivity contribution in [3.8, 4) is 5.75 Å². The van der Waals surface area contributed by atoms with Gasteiger partial charge in [0.15, 0.2) is 5.82 Å². The van der Waals surface area contributed by atoms with Crippen LogP contribution in [0.25, 0.3) is 0 Å². The highest BCUT2D eigenvalue weighted by Gasteiger charge is 2.10. The lowest BCUT2D eigenvalue weighted by Crippen LogP contribution is -2.03. The maximum atomic E-state index is 6.15. The van der Waals surface area contributed by atoms with Gasteiger partial charge in [-0.25, -0.2) is 0 Å². The van der Waals surface area contributed by atoms with E-state index in [1.807, 2.05) is 0 Å². The second-order valence-corrected chi connectivity index (χ2v) is 6.11. The molecule has 0 saturated carbocycles. The number of methoxy groups -OCH3 is 1. The van der Waals surface area contributed by atoms with Crippen LogP contribution in [0.15, 0.2) is 42.6 Å². The summed E-state index contributed by atoms with van der Waals surface area (Å²) in [5, 5.41) is 15.4. The van der Waals surface area contributed by atoms with Crippen LogP contribution in [0.3, 0.4) is 0 Å². The first-order valence-corrected chi connectivity index (χ1v) is 8.21. The van der Waals surface area contributed by atoms with Crippen LogP contribution in [0.1, 0.15) is 0 Å². The van der Waals surface area contributed by atoms with E-state index in [0.717, 1.165) is 0 Å². The predicted molar refractivity (Wildman–Crippen MR) is 101 cm³/mol. The quantitative estimate of drug-likeness (QED) is 0.607. The molecule has 3 aromatic rings. The first-order valence-electron chi connectivity index (χ1n) is 7.08. The molecule has 0 aliphatic rings. The molecule has 1 heterocycles. The maximum absolute atomic E-state index is 6.15. The first-order chi connectivity index (χ1) is 12.1. The fourth-order valence-electron chi connectivity index (χ4n) is 2.06. The molecular weight excluding hydrogens is 385 g/mol. The van der Waals surface area contributed by atoms with Crippen LogP contribution < -0.4 is 15.4 Å². The molecule has 0 amide bonds. The average molecular weight is 397 g/mol. The highest BCUT2D eigenvalue weighted by atomic mass is 35.5. The Morgan fingerprint density at radius 2 is 1.76 bits per heavy atom. The van der Waals surface area contributed by atoms with E-state index < -0.39 is 0 Å². The molecule has 2 aromatic carbocycles. The van der Waals surface area contributed by atoms with Crippen molar-refractivity contribution in [3.05, 3.63) is 57.7 Å². The van der Waals surface area contributed by atoms with Crippen LogP contribution >= 0.6 is 34.8 Å². The lowest BCUT2D eigenvalue weighted by atomic mass is 10.3. The standard InChI is InChI=1S/C16H12Cl3N5O/c1-25-13-6-5-9(17)7-12(13)21-16-23-14(8-20-24-16)22-15-10(18)3-2-4-11(15)19/h2-8H,1H3,(H2,21,22,23,24). The largest absolute Gasteiger partial charge is 0.495 e. The minimum absolute atomic E-state index is 0.258. The third-order valence-electron chi connectivity index (χ3n) is 3.18. The molecule has 2 N–H and O–H groups in total. The number of rotatable bonds is 5. The Labute approximate surface area is 159 Å². The van der Waals surface area contributed by atoms with Gasteiger partial charge in [-0.15, -0.1) is 5.10 Å². The molecule has 0 radical (unpaired) electrons. The van der Waals surface area contributed by atoms with E-state index >= 15 is 0 Å². The average Bonchev–Trinajstić information content (AvgIpc) is 2.59. The van der Waals surface area contributed by atoms with E-state index in [9.17, 15) is 0 Å². The van der Waals surface area contributed by atoms with Crippen LogP contribution in [-0.4, -0.2) is 22.3 Å². The smallest absolute Gasteiger partial charge is 0.249 e. The van der Waals surface area contributed by atoms with Gasteiger partial charge in [0.2, 0.25) is 5.95 Å². The van der Waals surface area contributed by atoms with Crippen LogP contribution in [-0.2, 0) is 0 Å². The summed E-state index contributed by atoms with van der Waals surface area (Å²) in [4.78, 5) is 4.34. The number of hydrogen-bond acceptors (Lipinski definition) is 6. The number of halogens is 3. The topological polar surface area (TPSA) is 72.0 Å². The summed E-state index contributed by atoms with van der Waals surface area (Å²) in [5.74, 6) is 1.28. The Morgan fingerprint density at radius 3 is 2.48 bits per heavy atom. The molecule has 0 fully saturated rings. The summed E-state index contributed by atoms with van der Waals surface area (Å²) in [5.41, 5.74) is 1.15. The molecule has 0 bridgehead atoms.